The number of carbonyl (C=O) groups excluding carboxylic acids is 1. The number of nitrogens with zero attached hydrogens (tertiary/aromatic N) is 2. The summed E-state index contributed by atoms with van der Waals surface area (Å²) in [5.41, 5.74) is 2.45. The number of aromatic nitrogens is 2. The molecule has 1 unspecified atom stereocenters. The second kappa shape index (κ2) is 8.59. The lowest BCUT2D eigenvalue weighted by atomic mass is 9.96. The average molecular weight is 407 g/mol. The van der Waals surface area contributed by atoms with Crippen LogP contribution in [0.5, 0.6) is 11.5 Å². The molecular weight excluding hydrogens is 382 g/mol. The van der Waals surface area contributed by atoms with Gasteiger partial charge in [-0.3, -0.25) is 4.79 Å². The molecule has 4 rings (SSSR count). The lowest BCUT2D eigenvalue weighted by Gasteiger charge is -2.22. The number of nitrogens with one attached hydrogen (secondary N) is 1. The molecule has 0 aliphatic carbocycles. The lowest BCUT2D eigenvalue weighted by Crippen LogP contribution is -2.34. The van der Waals surface area contributed by atoms with Gasteiger partial charge in [0.05, 0.1) is 24.8 Å². The number of phenolic OH excluding ortho intramolecular Hbond substituents is 1. The van der Waals surface area contributed by atoms with Crippen LogP contribution in [-0.2, 0) is 9.53 Å². The summed E-state index contributed by atoms with van der Waals surface area (Å²) in [4.78, 5) is 13.1. The van der Waals surface area contributed by atoms with Gasteiger partial charge in [0.25, 0.3) is 0 Å². The van der Waals surface area contributed by atoms with E-state index in [4.69, 9.17) is 9.47 Å². The summed E-state index contributed by atoms with van der Waals surface area (Å²) in [7, 11) is 1.62. The number of para-hydroxylation sites is 2. The van der Waals surface area contributed by atoms with Gasteiger partial charge in [0, 0.05) is 12.8 Å². The van der Waals surface area contributed by atoms with Gasteiger partial charge >= 0.3 is 0 Å². The van der Waals surface area contributed by atoms with E-state index in [1.165, 1.54) is 0 Å². The number of amides is 1. The second-order valence-corrected chi connectivity index (χ2v) is 7.35. The Labute approximate surface area is 175 Å². The fourth-order valence-corrected chi connectivity index (χ4v) is 3.88. The van der Waals surface area contributed by atoms with Crippen LogP contribution in [0.2, 0.25) is 0 Å². The summed E-state index contributed by atoms with van der Waals surface area (Å²) in [6, 6.07) is 16.2. The Morgan fingerprint density at radius 3 is 2.90 bits per heavy atom. The molecule has 1 aliphatic rings. The molecule has 30 heavy (non-hydrogen) atoms. The average Bonchev–Trinajstić information content (AvgIpc) is 3.42. The molecule has 2 aromatic carbocycles. The molecular formula is C23H25N3O4. The summed E-state index contributed by atoms with van der Waals surface area (Å²) in [5.74, 6) is 0.450. The molecule has 0 bridgehead atoms. The first kappa shape index (κ1) is 20.0. The molecule has 0 spiro atoms. The zero-order valence-electron chi connectivity index (χ0n) is 17.0. The minimum absolute atomic E-state index is 0.0823. The molecule has 1 aromatic heterocycles. The Balaban J connectivity index is 1.56. The number of benzene rings is 2. The molecule has 1 amide bonds. The van der Waals surface area contributed by atoms with Gasteiger partial charge in [0.1, 0.15) is 23.3 Å². The number of aromatic hydroxyl groups is 1. The molecule has 2 heterocycles. The topological polar surface area (TPSA) is 85.6 Å². The standard InChI is InChI=1S/C23H25N3O4/c1-15(16-6-5-7-17(27)14-16)25-23(28)18-11-13-30-22(18)20-10-12-24-26(20)19-8-3-4-9-21(19)29-2/h3-10,12,14-15,18,22,27H,11,13H2,1-2H3,(H,25,28)/t15?,18-,22-/m0/s1. The highest BCUT2D eigenvalue weighted by Gasteiger charge is 2.38. The zero-order valence-corrected chi connectivity index (χ0v) is 17.0. The van der Waals surface area contributed by atoms with Gasteiger partial charge in [-0.25, -0.2) is 4.68 Å². The van der Waals surface area contributed by atoms with E-state index < -0.39 is 6.10 Å². The van der Waals surface area contributed by atoms with Crippen LogP contribution in [-0.4, -0.2) is 34.5 Å². The Hall–Kier alpha value is -3.32. The predicted molar refractivity (Wildman–Crippen MR) is 112 cm³/mol. The highest BCUT2D eigenvalue weighted by Crippen LogP contribution is 2.37. The fourth-order valence-electron chi connectivity index (χ4n) is 3.88. The molecule has 1 fully saturated rings. The van der Waals surface area contributed by atoms with E-state index >= 15 is 0 Å². The van der Waals surface area contributed by atoms with Crippen molar-refractivity contribution in [2.24, 2.45) is 5.92 Å². The molecule has 0 saturated carbocycles. The highest BCUT2D eigenvalue weighted by molar-refractivity contribution is 5.80. The van der Waals surface area contributed by atoms with E-state index in [1.807, 2.05) is 43.3 Å². The van der Waals surface area contributed by atoms with Gasteiger partial charge in [-0.1, -0.05) is 24.3 Å². The first-order valence-electron chi connectivity index (χ1n) is 9.96. The van der Waals surface area contributed by atoms with Crippen LogP contribution in [0.3, 0.4) is 0 Å². The van der Waals surface area contributed by atoms with Crippen LogP contribution in [0, 0.1) is 5.92 Å². The van der Waals surface area contributed by atoms with Crippen molar-refractivity contribution in [2.45, 2.75) is 25.5 Å². The maximum atomic E-state index is 13.1. The lowest BCUT2D eigenvalue weighted by molar-refractivity contribution is -0.127. The van der Waals surface area contributed by atoms with Crippen LogP contribution in [0.1, 0.15) is 36.7 Å². The van der Waals surface area contributed by atoms with Crippen LogP contribution >= 0.6 is 0 Å². The number of phenols is 1. The smallest absolute Gasteiger partial charge is 0.226 e. The molecule has 2 N–H and O–H groups in total. The van der Waals surface area contributed by atoms with E-state index in [9.17, 15) is 9.90 Å². The fraction of sp³-hybridized carbons (Fsp3) is 0.304. The highest BCUT2D eigenvalue weighted by atomic mass is 16.5. The summed E-state index contributed by atoms with van der Waals surface area (Å²) >= 11 is 0. The molecule has 1 aliphatic heterocycles. The number of methoxy groups -OCH3 is 1. The third-order valence-corrected chi connectivity index (χ3v) is 5.43. The number of carbonyl (C=O) groups is 1. The Bertz CT molecular complexity index is 1030. The molecule has 3 aromatic rings. The van der Waals surface area contributed by atoms with Crippen molar-refractivity contribution < 1.29 is 19.4 Å². The summed E-state index contributed by atoms with van der Waals surface area (Å²) < 4.78 is 13.2. The Morgan fingerprint density at radius 1 is 1.27 bits per heavy atom. The van der Waals surface area contributed by atoms with Crippen molar-refractivity contribution >= 4 is 5.91 Å². The van der Waals surface area contributed by atoms with Gasteiger partial charge in [-0.2, -0.15) is 5.10 Å². The first-order chi connectivity index (χ1) is 14.6. The first-order valence-corrected chi connectivity index (χ1v) is 9.96. The van der Waals surface area contributed by atoms with Gasteiger partial charge in [-0.05, 0) is 49.2 Å². The Morgan fingerprint density at radius 2 is 2.10 bits per heavy atom. The molecule has 156 valence electrons. The molecule has 3 atom stereocenters. The van der Waals surface area contributed by atoms with Crippen molar-refractivity contribution in [3.05, 3.63) is 72.1 Å². The van der Waals surface area contributed by atoms with Crippen LogP contribution < -0.4 is 10.1 Å². The maximum absolute atomic E-state index is 13.1. The maximum Gasteiger partial charge on any atom is 0.226 e. The monoisotopic (exact) mass is 407 g/mol. The minimum atomic E-state index is -0.409. The van der Waals surface area contributed by atoms with Crippen LogP contribution in [0.4, 0.5) is 0 Å². The third-order valence-electron chi connectivity index (χ3n) is 5.43. The number of rotatable bonds is 6. The van der Waals surface area contributed by atoms with Gasteiger partial charge < -0.3 is 19.9 Å². The minimum Gasteiger partial charge on any atom is -0.508 e. The van der Waals surface area contributed by atoms with Gasteiger partial charge in [-0.15, -0.1) is 0 Å². The zero-order chi connectivity index (χ0) is 21.1. The second-order valence-electron chi connectivity index (χ2n) is 7.35. The Kier molecular flexibility index (Phi) is 5.72. The number of hydrogen-bond donors (Lipinski definition) is 2. The van der Waals surface area contributed by atoms with Crippen molar-refractivity contribution in [1.29, 1.82) is 0 Å². The van der Waals surface area contributed by atoms with Crippen molar-refractivity contribution in [3.8, 4) is 17.2 Å². The van der Waals surface area contributed by atoms with Gasteiger partial charge in [0.15, 0.2) is 0 Å². The van der Waals surface area contributed by atoms with E-state index in [0.29, 0.717) is 18.8 Å². The quantitative estimate of drug-likeness (QED) is 0.653. The molecule has 7 heteroatoms. The predicted octanol–water partition coefficient (Wildman–Crippen LogP) is 3.54. The summed E-state index contributed by atoms with van der Waals surface area (Å²) in [5, 5.41) is 17.2. The molecule has 1 saturated heterocycles. The molecule has 0 radical (unpaired) electrons. The summed E-state index contributed by atoms with van der Waals surface area (Å²) in [6.45, 7) is 2.40. The number of hydrogen-bond acceptors (Lipinski definition) is 5. The van der Waals surface area contributed by atoms with Crippen molar-refractivity contribution in [3.63, 3.8) is 0 Å². The molecule has 7 nitrogen and oxygen atoms in total. The van der Waals surface area contributed by atoms with E-state index in [0.717, 1.165) is 16.9 Å². The SMILES string of the molecule is COc1ccccc1-n1nccc1[C@H]1OCC[C@@H]1C(=O)NC(C)c1cccc(O)c1. The number of ether oxygens (including phenoxy) is 2. The summed E-state index contributed by atoms with van der Waals surface area (Å²) in [6.07, 6.45) is 1.92. The van der Waals surface area contributed by atoms with Gasteiger partial charge in [0.2, 0.25) is 5.91 Å². The van der Waals surface area contributed by atoms with Crippen molar-refractivity contribution in [1.82, 2.24) is 15.1 Å². The van der Waals surface area contributed by atoms with E-state index in [-0.39, 0.29) is 23.6 Å². The largest absolute Gasteiger partial charge is 0.508 e. The normalized spacial score (nSPS) is 19.4. The van der Waals surface area contributed by atoms with Crippen molar-refractivity contribution in [2.75, 3.05) is 13.7 Å². The van der Waals surface area contributed by atoms with E-state index in [2.05, 4.69) is 10.4 Å². The third kappa shape index (κ3) is 3.89. The van der Waals surface area contributed by atoms with Crippen LogP contribution in [0.25, 0.3) is 5.69 Å². The van der Waals surface area contributed by atoms with Crippen LogP contribution in [0.15, 0.2) is 60.8 Å². The van der Waals surface area contributed by atoms with E-state index in [1.54, 1.807) is 36.2 Å².